The molecule has 2 rings (SSSR count). The summed E-state index contributed by atoms with van der Waals surface area (Å²) < 4.78 is 57.6. The van der Waals surface area contributed by atoms with E-state index in [0.29, 0.717) is 13.0 Å². The highest BCUT2D eigenvalue weighted by Gasteiger charge is 2.29. The predicted molar refractivity (Wildman–Crippen MR) is 117 cm³/mol. The quantitative estimate of drug-likeness (QED) is 0.556. The van der Waals surface area contributed by atoms with E-state index in [1.54, 1.807) is 0 Å². The summed E-state index contributed by atoms with van der Waals surface area (Å²) in [5.74, 6) is -2.03. The van der Waals surface area contributed by atoms with E-state index in [9.17, 15) is 22.0 Å². The number of nitrogens with one attached hydrogen (secondary N) is 1. The summed E-state index contributed by atoms with van der Waals surface area (Å²) in [7, 11) is -3.91. The molecule has 0 unspecified atom stereocenters. The van der Waals surface area contributed by atoms with Crippen LogP contribution in [0.2, 0.25) is 0 Å². The SMILES string of the molecule is CC(C)Oc1ccc(CCCNC(=O)[C@H](C)N(c2ccc(F)c(F)c2)S(C)(=O)=O)cc1. The third kappa shape index (κ3) is 7.20. The molecule has 0 heterocycles. The van der Waals surface area contributed by atoms with E-state index in [2.05, 4.69) is 5.32 Å². The number of amides is 1. The summed E-state index contributed by atoms with van der Waals surface area (Å²) in [4.78, 5) is 12.5. The molecule has 1 N–H and O–H groups in total. The summed E-state index contributed by atoms with van der Waals surface area (Å²) >= 11 is 0. The molecule has 170 valence electrons. The molecule has 0 aliphatic heterocycles. The Balaban J connectivity index is 1.94. The molecule has 1 amide bonds. The Morgan fingerprint density at radius 2 is 1.71 bits per heavy atom. The largest absolute Gasteiger partial charge is 0.491 e. The van der Waals surface area contributed by atoms with Crippen LogP contribution in [0.15, 0.2) is 42.5 Å². The lowest BCUT2D eigenvalue weighted by molar-refractivity contribution is -0.121. The molecule has 0 saturated heterocycles. The monoisotopic (exact) mass is 454 g/mol. The maximum atomic E-state index is 13.6. The molecule has 0 aromatic heterocycles. The van der Waals surface area contributed by atoms with Gasteiger partial charge < -0.3 is 10.1 Å². The van der Waals surface area contributed by atoms with Gasteiger partial charge in [-0.05, 0) is 63.4 Å². The van der Waals surface area contributed by atoms with Crippen molar-refractivity contribution in [1.29, 1.82) is 0 Å². The Kier molecular flexibility index (Phi) is 8.38. The summed E-state index contributed by atoms with van der Waals surface area (Å²) in [6.45, 7) is 5.64. The van der Waals surface area contributed by atoms with Crippen LogP contribution in [0.4, 0.5) is 14.5 Å². The van der Waals surface area contributed by atoms with Crippen molar-refractivity contribution in [3.05, 3.63) is 59.7 Å². The van der Waals surface area contributed by atoms with Gasteiger partial charge in [0, 0.05) is 12.6 Å². The molecular formula is C22H28F2N2O4S. The highest BCUT2D eigenvalue weighted by atomic mass is 32.2. The van der Waals surface area contributed by atoms with E-state index >= 15 is 0 Å². The molecule has 0 saturated carbocycles. The molecule has 2 aromatic rings. The van der Waals surface area contributed by atoms with Crippen molar-refractivity contribution in [3.8, 4) is 5.75 Å². The molecule has 0 aliphatic carbocycles. The first-order valence-electron chi connectivity index (χ1n) is 9.97. The standard InChI is InChI=1S/C22H28F2N2O4S/c1-15(2)30-19-10-7-17(8-11-19)6-5-13-25-22(27)16(3)26(31(4,28)29)18-9-12-20(23)21(24)14-18/h7-12,14-16H,5-6,13H2,1-4H3,(H,25,27)/t16-/m0/s1. The van der Waals surface area contributed by atoms with Crippen molar-refractivity contribution < 1.29 is 26.7 Å². The number of rotatable bonds is 10. The molecule has 0 aliphatic rings. The van der Waals surface area contributed by atoms with Crippen molar-refractivity contribution in [3.63, 3.8) is 0 Å². The van der Waals surface area contributed by atoms with E-state index in [-0.39, 0.29) is 11.8 Å². The van der Waals surface area contributed by atoms with Gasteiger partial charge in [-0.3, -0.25) is 9.10 Å². The Labute approximate surface area is 182 Å². The molecular weight excluding hydrogens is 426 g/mol. The third-order valence-corrected chi connectivity index (χ3v) is 5.72. The third-order valence-electron chi connectivity index (χ3n) is 4.48. The van der Waals surface area contributed by atoms with Crippen LogP contribution in [-0.2, 0) is 21.2 Å². The number of hydrogen-bond acceptors (Lipinski definition) is 4. The van der Waals surface area contributed by atoms with Gasteiger partial charge in [-0.1, -0.05) is 12.1 Å². The van der Waals surface area contributed by atoms with Gasteiger partial charge >= 0.3 is 0 Å². The number of anilines is 1. The first-order chi connectivity index (χ1) is 14.5. The molecule has 0 fully saturated rings. The lowest BCUT2D eigenvalue weighted by atomic mass is 10.1. The highest BCUT2D eigenvalue weighted by Crippen LogP contribution is 2.23. The van der Waals surface area contributed by atoms with E-state index in [4.69, 9.17) is 4.74 Å². The molecule has 0 bridgehead atoms. The minimum Gasteiger partial charge on any atom is -0.491 e. The van der Waals surface area contributed by atoms with Crippen molar-refractivity contribution in [2.45, 2.75) is 45.8 Å². The van der Waals surface area contributed by atoms with Gasteiger partial charge in [0.1, 0.15) is 11.8 Å². The van der Waals surface area contributed by atoms with E-state index in [0.717, 1.165) is 46.5 Å². The molecule has 6 nitrogen and oxygen atoms in total. The van der Waals surface area contributed by atoms with Crippen molar-refractivity contribution in [2.24, 2.45) is 0 Å². The maximum absolute atomic E-state index is 13.6. The average Bonchev–Trinajstić information content (AvgIpc) is 2.67. The zero-order valence-electron chi connectivity index (χ0n) is 18.1. The number of ether oxygens (including phenoxy) is 1. The van der Waals surface area contributed by atoms with Crippen LogP contribution in [0.3, 0.4) is 0 Å². The van der Waals surface area contributed by atoms with Crippen molar-refractivity contribution in [1.82, 2.24) is 5.32 Å². The fourth-order valence-electron chi connectivity index (χ4n) is 3.09. The summed E-state index contributed by atoms with van der Waals surface area (Å²) in [5.41, 5.74) is 0.964. The second-order valence-electron chi connectivity index (χ2n) is 7.54. The van der Waals surface area contributed by atoms with Gasteiger partial charge in [0.25, 0.3) is 0 Å². The smallest absolute Gasteiger partial charge is 0.243 e. The van der Waals surface area contributed by atoms with Crippen molar-refractivity contribution >= 4 is 21.6 Å². The maximum Gasteiger partial charge on any atom is 0.243 e. The van der Waals surface area contributed by atoms with Gasteiger partial charge in [0.15, 0.2) is 11.6 Å². The Bertz CT molecular complexity index is 995. The van der Waals surface area contributed by atoms with Crippen LogP contribution in [0.1, 0.15) is 32.8 Å². The summed E-state index contributed by atoms with van der Waals surface area (Å²) in [6, 6.07) is 9.26. The van der Waals surface area contributed by atoms with Crippen LogP contribution in [0.25, 0.3) is 0 Å². The van der Waals surface area contributed by atoms with Crippen LogP contribution in [0.5, 0.6) is 5.75 Å². The zero-order valence-corrected chi connectivity index (χ0v) is 18.9. The fraction of sp³-hybridized carbons (Fsp3) is 0.409. The van der Waals surface area contributed by atoms with Gasteiger partial charge in [-0.2, -0.15) is 0 Å². The first kappa shape index (κ1) is 24.6. The minimum atomic E-state index is -3.91. The average molecular weight is 455 g/mol. The lowest BCUT2D eigenvalue weighted by Crippen LogP contribution is -2.48. The topological polar surface area (TPSA) is 75.7 Å². The zero-order chi connectivity index (χ0) is 23.2. The van der Waals surface area contributed by atoms with E-state index in [1.807, 2.05) is 38.1 Å². The van der Waals surface area contributed by atoms with E-state index in [1.165, 1.54) is 6.92 Å². The number of nitrogens with zero attached hydrogens (tertiary/aromatic N) is 1. The molecule has 0 spiro atoms. The van der Waals surface area contributed by atoms with Gasteiger partial charge in [-0.25, -0.2) is 17.2 Å². The van der Waals surface area contributed by atoms with Crippen LogP contribution in [-0.4, -0.2) is 39.3 Å². The normalized spacial score (nSPS) is 12.5. The first-order valence-corrected chi connectivity index (χ1v) is 11.8. The number of sulfonamides is 1. The van der Waals surface area contributed by atoms with Crippen LogP contribution < -0.4 is 14.4 Å². The van der Waals surface area contributed by atoms with Gasteiger partial charge in [0.2, 0.25) is 15.9 Å². The summed E-state index contributed by atoms with van der Waals surface area (Å²) in [5, 5.41) is 2.70. The second kappa shape index (κ2) is 10.6. The lowest BCUT2D eigenvalue weighted by Gasteiger charge is -2.28. The molecule has 9 heteroatoms. The number of benzene rings is 2. The number of hydrogen-bond donors (Lipinski definition) is 1. The molecule has 2 aromatic carbocycles. The number of carbonyl (C=O) groups is 1. The number of carbonyl (C=O) groups excluding carboxylic acids is 1. The summed E-state index contributed by atoms with van der Waals surface area (Å²) in [6.07, 6.45) is 2.37. The molecule has 31 heavy (non-hydrogen) atoms. The van der Waals surface area contributed by atoms with Crippen LogP contribution >= 0.6 is 0 Å². The Hall–Kier alpha value is -2.68. The second-order valence-corrected chi connectivity index (χ2v) is 9.40. The predicted octanol–water partition coefficient (Wildman–Crippen LogP) is 3.66. The highest BCUT2D eigenvalue weighted by molar-refractivity contribution is 7.92. The van der Waals surface area contributed by atoms with Gasteiger partial charge in [-0.15, -0.1) is 0 Å². The number of halogens is 2. The number of aryl methyl sites for hydroxylation is 1. The minimum absolute atomic E-state index is 0.0981. The molecule has 0 radical (unpaired) electrons. The Morgan fingerprint density at radius 1 is 1.06 bits per heavy atom. The fourth-order valence-corrected chi connectivity index (χ4v) is 4.26. The molecule has 1 atom stereocenters. The van der Waals surface area contributed by atoms with Gasteiger partial charge in [0.05, 0.1) is 18.0 Å². The van der Waals surface area contributed by atoms with E-state index < -0.39 is 33.6 Å². The Morgan fingerprint density at radius 3 is 2.26 bits per heavy atom. The van der Waals surface area contributed by atoms with Crippen molar-refractivity contribution in [2.75, 3.05) is 17.1 Å². The van der Waals surface area contributed by atoms with Crippen LogP contribution in [0, 0.1) is 11.6 Å².